The number of aromatic nitrogens is 3. The van der Waals surface area contributed by atoms with Crippen LogP contribution in [-0.2, 0) is 6.54 Å². The minimum absolute atomic E-state index is 0.246. The van der Waals surface area contributed by atoms with Gasteiger partial charge in [-0.25, -0.2) is 9.97 Å². The van der Waals surface area contributed by atoms with Crippen molar-refractivity contribution in [2.24, 2.45) is 0 Å². The van der Waals surface area contributed by atoms with E-state index in [9.17, 15) is 4.79 Å². The Labute approximate surface area is 193 Å². The van der Waals surface area contributed by atoms with Gasteiger partial charge in [0.1, 0.15) is 16.9 Å². The number of ether oxygens (including phenoxy) is 2. The first-order valence-corrected chi connectivity index (χ1v) is 11.1. The van der Waals surface area contributed by atoms with Crippen LogP contribution < -0.4 is 20.5 Å². The topological polar surface area (TPSA) is 104 Å². The van der Waals surface area contributed by atoms with Crippen molar-refractivity contribution in [3.05, 3.63) is 70.4 Å². The van der Waals surface area contributed by atoms with Crippen LogP contribution in [0.2, 0.25) is 0 Å². The van der Waals surface area contributed by atoms with E-state index in [1.165, 1.54) is 0 Å². The fraction of sp³-hybridized carbons (Fsp3) is 0.125. The van der Waals surface area contributed by atoms with Crippen molar-refractivity contribution in [1.82, 2.24) is 19.9 Å². The highest BCUT2D eigenvalue weighted by atomic mass is 32.1. The Bertz CT molecular complexity index is 1480. The van der Waals surface area contributed by atoms with E-state index >= 15 is 0 Å². The first-order chi connectivity index (χ1) is 16.1. The van der Waals surface area contributed by atoms with Crippen molar-refractivity contribution >= 4 is 45.3 Å². The lowest BCUT2D eigenvalue weighted by Gasteiger charge is -2.12. The van der Waals surface area contributed by atoms with Crippen LogP contribution in [0.25, 0.3) is 27.9 Å². The van der Waals surface area contributed by atoms with Gasteiger partial charge in [-0.05, 0) is 35.7 Å². The second-order valence-electron chi connectivity index (χ2n) is 7.28. The van der Waals surface area contributed by atoms with Crippen LogP contribution in [0.1, 0.15) is 15.2 Å². The standard InChI is InChI=1S/C24H21N5O3S/c1-31-18-10-9-14(12-19(18)32-2)29-22(25)20(24(30)26-13-15-6-5-11-33-15)21-23(29)28-17-8-4-3-7-16(17)27-21/h3-12H,13,25H2,1-2H3,(H,26,30). The number of benzene rings is 2. The molecular weight excluding hydrogens is 438 g/mol. The van der Waals surface area contributed by atoms with Gasteiger partial charge in [-0.2, -0.15) is 0 Å². The molecule has 166 valence electrons. The second-order valence-corrected chi connectivity index (χ2v) is 8.31. The molecule has 0 aliphatic rings. The molecule has 8 nitrogen and oxygen atoms in total. The van der Waals surface area contributed by atoms with Crippen molar-refractivity contribution in [1.29, 1.82) is 0 Å². The summed E-state index contributed by atoms with van der Waals surface area (Å²) >= 11 is 1.57. The van der Waals surface area contributed by atoms with Gasteiger partial charge in [0.2, 0.25) is 0 Å². The number of nitrogens with one attached hydrogen (secondary N) is 1. The fourth-order valence-electron chi connectivity index (χ4n) is 3.78. The molecule has 0 aliphatic carbocycles. The molecule has 0 radical (unpaired) electrons. The number of nitrogens with two attached hydrogens (primary N) is 1. The van der Waals surface area contributed by atoms with Crippen molar-refractivity contribution < 1.29 is 14.3 Å². The molecule has 33 heavy (non-hydrogen) atoms. The van der Waals surface area contributed by atoms with Gasteiger partial charge in [0, 0.05) is 10.9 Å². The number of nitrogen functional groups attached to an aromatic ring is 1. The Kier molecular flexibility index (Phi) is 5.31. The van der Waals surface area contributed by atoms with E-state index in [0.29, 0.717) is 45.9 Å². The van der Waals surface area contributed by atoms with Gasteiger partial charge in [0.15, 0.2) is 17.1 Å². The van der Waals surface area contributed by atoms with Gasteiger partial charge in [0.25, 0.3) is 5.91 Å². The minimum atomic E-state index is -0.310. The molecule has 2 aromatic carbocycles. The van der Waals surface area contributed by atoms with E-state index in [1.54, 1.807) is 42.3 Å². The van der Waals surface area contributed by atoms with Crippen molar-refractivity contribution in [3.63, 3.8) is 0 Å². The van der Waals surface area contributed by atoms with E-state index < -0.39 is 0 Å². The number of hydrogen-bond donors (Lipinski definition) is 2. The lowest BCUT2D eigenvalue weighted by molar-refractivity contribution is 0.0953. The molecule has 3 heterocycles. The number of anilines is 1. The summed E-state index contributed by atoms with van der Waals surface area (Å²) in [6, 6.07) is 16.8. The largest absolute Gasteiger partial charge is 0.493 e. The minimum Gasteiger partial charge on any atom is -0.493 e. The predicted molar refractivity (Wildman–Crippen MR) is 129 cm³/mol. The number of methoxy groups -OCH3 is 2. The van der Waals surface area contributed by atoms with Gasteiger partial charge >= 0.3 is 0 Å². The average Bonchev–Trinajstić information content (AvgIpc) is 3.46. The van der Waals surface area contributed by atoms with E-state index in [-0.39, 0.29) is 17.3 Å². The van der Waals surface area contributed by atoms with E-state index in [1.807, 2.05) is 47.8 Å². The second kappa shape index (κ2) is 8.44. The van der Waals surface area contributed by atoms with Crippen LogP contribution >= 0.6 is 11.3 Å². The van der Waals surface area contributed by atoms with E-state index in [2.05, 4.69) is 5.32 Å². The maximum Gasteiger partial charge on any atom is 0.257 e. The summed E-state index contributed by atoms with van der Waals surface area (Å²) in [6.45, 7) is 0.403. The Morgan fingerprint density at radius 3 is 2.48 bits per heavy atom. The van der Waals surface area contributed by atoms with Crippen molar-refractivity contribution in [2.45, 2.75) is 6.54 Å². The summed E-state index contributed by atoms with van der Waals surface area (Å²) in [4.78, 5) is 23.9. The summed E-state index contributed by atoms with van der Waals surface area (Å²) in [5.41, 5.74) is 9.85. The molecule has 0 unspecified atom stereocenters. The van der Waals surface area contributed by atoms with Gasteiger partial charge in [0.05, 0.1) is 37.5 Å². The SMILES string of the molecule is COc1ccc(-n2c(N)c(C(=O)NCc3cccs3)c3nc4ccccc4nc32)cc1OC. The molecule has 0 saturated heterocycles. The van der Waals surface area contributed by atoms with Crippen LogP contribution in [0.4, 0.5) is 5.82 Å². The van der Waals surface area contributed by atoms with Crippen LogP contribution in [0.5, 0.6) is 11.5 Å². The number of nitrogens with zero attached hydrogens (tertiary/aromatic N) is 3. The molecule has 9 heteroatoms. The Balaban J connectivity index is 1.71. The molecule has 3 N–H and O–H groups in total. The first kappa shape index (κ1) is 20.8. The highest BCUT2D eigenvalue weighted by Gasteiger charge is 2.25. The molecule has 0 spiro atoms. The number of carbonyl (C=O) groups is 1. The normalized spacial score (nSPS) is 11.1. The molecule has 5 rings (SSSR count). The van der Waals surface area contributed by atoms with Gasteiger partial charge in [-0.1, -0.05) is 18.2 Å². The molecular formula is C24H21N5O3S. The molecule has 0 saturated carbocycles. The summed E-state index contributed by atoms with van der Waals surface area (Å²) < 4.78 is 12.5. The van der Waals surface area contributed by atoms with Gasteiger partial charge in [-0.15, -0.1) is 11.3 Å². The zero-order valence-corrected chi connectivity index (χ0v) is 18.8. The molecule has 0 fully saturated rings. The Morgan fingerprint density at radius 2 is 1.79 bits per heavy atom. The third kappa shape index (κ3) is 3.62. The molecule has 0 bridgehead atoms. The molecule has 0 aliphatic heterocycles. The molecule has 1 amide bonds. The number of amides is 1. The summed E-state index contributed by atoms with van der Waals surface area (Å²) in [5, 5.41) is 4.92. The van der Waals surface area contributed by atoms with Crippen LogP contribution in [0.3, 0.4) is 0 Å². The summed E-state index contributed by atoms with van der Waals surface area (Å²) in [7, 11) is 3.14. The monoisotopic (exact) mass is 459 g/mol. The molecule has 5 aromatic rings. The number of rotatable bonds is 6. The fourth-order valence-corrected chi connectivity index (χ4v) is 4.42. The highest BCUT2D eigenvalue weighted by Crippen LogP contribution is 2.35. The van der Waals surface area contributed by atoms with Crippen LogP contribution in [0, 0.1) is 0 Å². The smallest absolute Gasteiger partial charge is 0.257 e. The Hall–Kier alpha value is -4.11. The zero-order chi connectivity index (χ0) is 22.9. The van der Waals surface area contributed by atoms with Crippen LogP contribution in [-0.4, -0.2) is 34.7 Å². The Morgan fingerprint density at radius 1 is 1.03 bits per heavy atom. The van der Waals surface area contributed by atoms with E-state index in [0.717, 1.165) is 4.88 Å². The zero-order valence-electron chi connectivity index (χ0n) is 18.0. The number of fused-ring (bicyclic) bond motifs is 2. The quantitative estimate of drug-likeness (QED) is 0.395. The third-order valence-electron chi connectivity index (χ3n) is 5.35. The lowest BCUT2D eigenvalue weighted by atomic mass is 10.2. The number of hydrogen-bond acceptors (Lipinski definition) is 7. The maximum absolute atomic E-state index is 13.3. The third-order valence-corrected chi connectivity index (χ3v) is 6.23. The number of para-hydroxylation sites is 2. The van der Waals surface area contributed by atoms with Crippen molar-refractivity contribution in [3.8, 4) is 17.2 Å². The first-order valence-electron chi connectivity index (χ1n) is 10.2. The average molecular weight is 460 g/mol. The van der Waals surface area contributed by atoms with E-state index in [4.69, 9.17) is 25.2 Å². The summed E-state index contributed by atoms with van der Waals surface area (Å²) in [6.07, 6.45) is 0. The predicted octanol–water partition coefficient (Wildman–Crippen LogP) is 4.16. The van der Waals surface area contributed by atoms with Gasteiger partial charge < -0.3 is 20.5 Å². The molecule has 0 atom stereocenters. The lowest BCUT2D eigenvalue weighted by Crippen LogP contribution is -2.23. The maximum atomic E-state index is 13.3. The van der Waals surface area contributed by atoms with Crippen LogP contribution in [0.15, 0.2) is 60.0 Å². The van der Waals surface area contributed by atoms with Crippen molar-refractivity contribution in [2.75, 3.05) is 20.0 Å². The highest BCUT2D eigenvalue weighted by molar-refractivity contribution is 7.09. The number of carbonyl (C=O) groups excluding carboxylic acids is 1. The molecule has 3 aromatic heterocycles. The van der Waals surface area contributed by atoms with Gasteiger partial charge in [-0.3, -0.25) is 9.36 Å². The number of thiophene rings is 1. The summed E-state index contributed by atoms with van der Waals surface area (Å²) in [5.74, 6) is 1.06.